The Labute approximate surface area is 135 Å². The van der Waals surface area contributed by atoms with Crippen molar-refractivity contribution in [2.45, 2.75) is 38.1 Å². The number of aromatic nitrogens is 4. The molecule has 23 heavy (non-hydrogen) atoms. The van der Waals surface area contributed by atoms with Crippen molar-refractivity contribution in [1.82, 2.24) is 25.5 Å². The number of benzene rings is 1. The molecular weight excluding hydrogens is 290 g/mol. The lowest BCUT2D eigenvalue weighted by molar-refractivity contribution is -0.123. The molecule has 0 saturated heterocycles. The summed E-state index contributed by atoms with van der Waals surface area (Å²) >= 11 is 0. The first-order chi connectivity index (χ1) is 11.3. The van der Waals surface area contributed by atoms with Crippen molar-refractivity contribution in [3.8, 4) is 0 Å². The lowest BCUT2D eigenvalue weighted by Gasteiger charge is -2.17. The Morgan fingerprint density at radius 2 is 2.13 bits per heavy atom. The van der Waals surface area contributed by atoms with Crippen LogP contribution in [0.3, 0.4) is 0 Å². The van der Waals surface area contributed by atoms with Gasteiger partial charge in [-0.15, -0.1) is 5.10 Å². The van der Waals surface area contributed by atoms with Crippen LogP contribution in [0.15, 0.2) is 48.3 Å². The molecule has 0 aliphatic heterocycles. The predicted molar refractivity (Wildman–Crippen MR) is 86.6 cm³/mol. The molecule has 1 aliphatic rings. The van der Waals surface area contributed by atoms with E-state index in [2.05, 4.69) is 26.9 Å². The summed E-state index contributed by atoms with van der Waals surface area (Å²) in [6, 6.07) is 9.03. The van der Waals surface area contributed by atoms with Crippen molar-refractivity contribution >= 4 is 5.91 Å². The van der Waals surface area contributed by atoms with Gasteiger partial charge in [0.05, 0.1) is 0 Å². The number of hydrogen-bond donors (Lipinski definition) is 1. The second kappa shape index (κ2) is 7.67. The van der Waals surface area contributed by atoms with Crippen LogP contribution in [0, 0.1) is 0 Å². The first-order valence-electron chi connectivity index (χ1n) is 8.07. The SMILES string of the molecule is O=C(NCCC1=CCCCC1)[C@@H](c1ccccc1)n1cnnn1. The molecule has 1 aromatic carbocycles. The highest BCUT2D eigenvalue weighted by atomic mass is 16.2. The molecule has 0 unspecified atom stereocenters. The maximum Gasteiger partial charge on any atom is 0.249 e. The quantitative estimate of drug-likeness (QED) is 0.831. The molecule has 0 radical (unpaired) electrons. The van der Waals surface area contributed by atoms with Gasteiger partial charge in [0.15, 0.2) is 6.04 Å². The number of tetrazole rings is 1. The highest BCUT2D eigenvalue weighted by Gasteiger charge is 2.23. The van der Waals surface area contributed by atoms with Crippen molar-refractivity contribution in [3.05, 3.63) is 53.9 Å². The summed E-state index contributed by atoms with van der Waals surface area (Å²) in [5, 5.41) is 14.2. The third-order valence-corrected chi connectivity index (χ3v) is 4.12. The molecule has 2 aromatic rings. The first-order valence-corrected chi connectivity index (χ1v) is 8.07. The van der Waals surface area contributed by atoms with E-state index >= 15 is 0 Å². The largest absolute Gasteiger partial charge is 0.354 e. The molecule has 1 atom stereocenters. The monoisotopic (exact) mass is 311 g/mol. The van der Waals surface area contributed by atoms with Gasteiger partial charge in [0.2, 0.25) is 5.91 Å². The predicted octanol–water partition coefficient (Wildman–Crippen LogP) is 2.27. The topological polar surface area (TPSA) is 72.7 Å². The summed E-state index contributed by atoms with van der Waals surface area (Å²) in [5.74, 6) is -0.0834. The minimum absolute atomic E-state index is 0.0834. The molecule has 1 aromatic heterocycles. The number of rotatable bonds is 6. The van der Waals surface area contributed by atoms with Crippen molar-refractivity contribution in [1.29, 1.82) is 0 Å². The Kier molecular flexibility index (Phi) is 5.13. The summed E-state index contributed by atoms with van der Waals surface area (Å²) in [4.78, 5) is 12.6. The summed E-state index contributed by atoms with van der Waals surface area (Å²) in [5.41, 5.74) is 2.32. The highest BCUT2D eigenvalue weighted by molar-refractivity contribution is 5.83. The van der Waals surface area contributed by atoms with E-state index in [-0.39, 0.29) is 5.91 Å². The molecule has 6 nitrogen and oxygen atoms in total. The van der Waals surface area contributed by atoms with Crippen molar-refractivity contribution < 1.29 is 4.79 Å². The first kappa shape index (κ1) is 15.4. The third kappa shape index (κ3) is 4.03. The van der Waals surface area contributed by atoms with Gasteiger partial charge < -0.3 is 5.32 Å². The number of hydrogen-bond acceptors (Lipinski definition) is 4. The van der Waals surface area contributed by atoms with Crippen LogP contribution in [-0.4, -0.2) is 32.7 Å². The van der Waals surface area contributed by atoms with E-state index in [9.17, 15) is 4.79 Å². The fraction of sp³-hybridized carbons (Fsp3) is 0.412. The van der Waals surface area contributed by atoms with Crippen molar-refractivity contribution in [3.63, 3.8) is 0 Å². The normalized spacial score (nSPS) is 15.7. The maximum absolute atomic E-state index is 12.6. The second-order valence-corrected chi connectivity index (χ2v) is 5.75. The molecule has 3 rings (SSSR count). The number of carbonyl (C=O) groups is 1. The molecule has 0 fully saturated rings. The van der Waals surface area contributed by atoms with Gasteiger partial charge in [-0.3, -0.25) is 4.79 Å². The average Bonchev–Trinajstić information content (AvgIpc) is 3.11. The molecule has 0 spiro atoms. The van der Waals surface area contributed by atoms with Crippen LogP contribution in [0.1, 0.15) is 43.7 Å². The number of carbonyl (C=O) groups excluding carboxylic acids is 1. The Morgan fingerprint density at radius 1 is 1.26 bits per heavy atom. The van der Waals surface area contributed by atoms with Crippen LogP contribution in [0.4, 0.5) is 0 Å². The summed E-state index contributed by atoms with van der Waals surface area (Å²) < 4.78 is 1.49. The minimum atomic E-state index is -0.536. The van der Waals surface area contributed by atoms with Crippen LogP contribution in [-0.2, 0) is 4.79 Å². The summed E-state index contributed by atoms with van der Waals surface area (Å²) in [7, 11) is 0. The molecule has 1 N–H and O–H groups in total. The van der Waals surface area contributed by atoms with Gasteiger partial charge in [-0.2, -0.15) is 0 Å². The van der Waals surface area contributed by atoms with Gasteiger partial charge in [0.25, 0.3) is 0 Å². The van der Waals surface area contributed by atoms with E-state index in [1.54, 1.807) is 0 Å². The standard InChI is InChI=1S/C17H21N5O/c23-17(18-12-11-14-7-3-1-4-8-14)16(22-13-19-20-21-22)15-9-5-2-6-10-15/h2,5-7,9-10,13,16H,1,3-4,8,11-12H2,(H,18,23)/t16-/m1/s1. The van der Waals surface area contributed by atoms with Gasteiger partial charge in [-0.05, 0) is 48.1 Å². The number of allylic oxidation sites excluding steroid dienone is 1. The van der Waals surface area contributed by atoms with Crippen LogP contribution >= 0.6 is 0 Å². The Morgan fingerprint density at radius 3 is 2.83 bits per heavy atom. The second-order valence-electron chi connectivity index (χ2n) is 5.75. The molecule has 1 aliphatic carbocycles. The Bertz CT molecular complexity index is 651. The van der Waals surface area contributed by atoms with Gasteiger partial charge in [-0.1, -0.05) is 42.0 Å². The summed E-state index contributed by atoms with van der Waals surface area (Å²) in [6.45, 7) is 0.649. The maximum atomic E-state index is 12.6. The van der Waals surface area contributed by atoms with Gasteiger partial charge in [-0.25, -0.2) is 4.68 Å². The average molecular weight is 311 g/mol. The smallest absolute Gasteiger partial charge is 0.249 e. The van der Waals surface area contributed by atoms with Gasteiger partial charge >= 0.3 is 0 Å². The van der Waals surface area contributed by atoms with Crippen LogP contribution in [0.25, 0.3) is 0 Å². The number of nitrogens with zero attached hydrogens (tertiary/aromatic N) is 4. The molecule has 0 saturated carbocycles. The van der Waals surface area contributed by atoms with E-state index in [0.717, 1.165) is 18.4 Å². The van der Waals surface area contributed by atoms with Crippen LogP contribution < -0.4 is 5.32 Å². The number of amides is 1. The molecule has 6 heteroatoms. The highest BCUT2D eigenvalue weighted by Crippen LogP contribution is 2.20. The van der Waals surface area contributed by atoms with Crippen LogP contribution in [0.2, 0.25) is 0 Å². The molecular formula is C17H21N5O. The van der Waals surface area contributed by atoms with Crippen molar-refractivity contribution in [2.24, 2.45) is 0 Å². The Hall–Kier alpha value is -2.50. The van der Waals surface area contributed by atoms with Crippen LogP contribution in [0.5, 0.6) is 0 Å². The van der Waals surface area contributed by atoms with E-state index in [1.807, 2.05) is 30.3 Å². The third-order valence-electron chi connectivity index (χ3n) is 4.12. The molecule has 0 bridgehead atoms. The Balaban J connectivity index is 1.65. The number of nitrogens with one attached hydrogen (secondary N) is 1. The van der Waals surface area contributed by atoms with Gasteiger partial charge in [0.1, 0.15) is 6.33 Å². The lowest BCUT2D eigenvalue weighted by Crippen LogP contribution is -2.34. The fourth-order valence-corrected chi connectivity index (χ4v) is 2.92. The molecule has 120 valence electrons. The summed E-state index contributed by atoms with van der Waals surface area (Å²) in [6.07, 6.45) is 9.57. The zero-order valence-electron chi connectivity index (χ0n) is 13.1. The fourth-order valence-electron chi connectivity index (χ4n) is 2.92. The van der Waals surface area contributed by atoms with E-state index in [1.165, 1.54) is 35.8 Å². The van der Waals surface area contributed by atoms with E-state index in [4.69, 9.17) is 0 Å². The van der Waals surface area contributed by atoms with Crippen molar-refractivity contribution in [2.75, 3.05) is 6.54 Å². The zero-order chi connectivity index (χ0) is 15.9. The van der Waals surface area contributed by atoms with E-state index < -0.39 is 6.04 Å². The molecule has 1 heterocycles. The lowest BCUT2D eigenvalue weighted by atomic mass is 9.97. The van der Waals surface area contributed by atoms with E-state index in [0.29, 0.717) is 6.54 Å². The minimum Gasteiger partial charge on any atom is -0.354 e. The molecule has 1 amide bonds. The van der Waals surface area contributed by atoms with Gasteiger partial charge in [0, 0.05) is 6.54 Å². The zero-order valence-corrected chi connectivity index (χ0v) is 13.1.